The summed E-state index contributed by atoms with van der Waals surface area (Å²) in [6, 6.07) is 6.16. The van der Waals surface area contributed by atoms with Gasteiger partial charge in [0.25, 0.3) is 5.91 Å². The molecule has 2 atom stereocenters. The van der Waals surface area contributed by atoms with Crippen molar-refractivity contribution in [2.45, 2.75) is 32.7 Å². The van der Waals surface area contributed by atoms with Gasteiger partial charge in [-0.2, -0.15) is 0 Å². The average Bonchev–Trinajstić information content (AvgIpc) is 3.15. The predicted molar refractivity (Wildman–Crippen MR) is 121 cm³/mol. The van der Waals surface area contributed by atoms with Gasteiger partial charge >= 0.3 is 0 Å². The molecule has 9 heteroatoms. The molecule has 162 valence electrons. The Kier molecular flexibility index (Phi) is 6.48. The predicted octanol–water partition coefficient (Wildman–Crippen LogP) is 5.05. The minimum absolute atomic E-state index is 0.0244. The van der Waals surface area contributed by atoms with Crippen molar-refractivity contribution in [3.63, 3.8) is 0 Å². The molecule has 1 saturated heterocycles. The summed E-state index contributed by atoms with van der Waals surface area (Å²) in [5.41, 5.74) is 1.22. The van der Waals surface area contributed by atoms with E-state index >= 15 is 0 Å². The Bertz CT molecular complexity index is 1060. The monoisotopic (exact) mass is 459 g/mol. The highest BCUT2D eigenvalue weighted by Crippen LogP contribution is 2.33. The molecule has 3 heterocycles. The van der Waals surface area contributed by atoms with E-state index in [4.69, 9.17) is 11.6 Å². The fourth-order valence-electron chi connectivity index (χ4n) is 3.92. The van der Waals surface area contributed by atoms with E-state index in [-0.39, 0.29) is 17.8 Å². The maximum atomic E-state index is 13.6. The lowest BCUT2D eigenvalue weighted by Crippen LogP contribution is -2.51. The molecule has 1 aromatic carbocycles. The van der Waals surface area contributed by atoms with E-state index in [2.05, 4.69) is 27.2 Å². The first-order valence-corrected chi connectivity index (χ1v) is 11.4. The Hall–Kier alpha value is -2.58. The number of hydrogen-bond donors (Lipinski definition) is 1. The van der Waals surface area contributed by atoms with Gasteiger partial charge in [-0.1, -0.05) is 30.7 Å². The second kappa shape index (κ2) is 9.28. The molecule has 2 aromatic heterocycles. The molecule has 1 fully saturated rings. The van der Waals surface area contributed by atoms with Gasteiger partial charge in [-0.05, 0) is 43.4 Å². The number of piperidine rings is 1. The molecule has 0 radical (unpaired) electrons. The molecule has 0 bridgehead atoms. The van der Waals surface area contributed by atoms with E-state index in [0.29, 0.717) is 35.7 Å². The van der Waals surface area contributed by atoms with Crippen molar-refractivity contribution in [1.82, 2.24) is 19.9 Å². The van der Waals surface area contributed by atoms with Crippen LogP contribution in [-0.2, 0) is 0 Å². The van der Waals surface area contributed by atoms with Crippen LogP contribution in [0.2, 0.25) is 5.02 Å². The number of carbonyl (C=O) groups excluding carboxylic acids is 1. The third-order valence-corrected chi connectivity index (χ3v) is 6.72. The molecule has 4 rings (SSSR count). The van der Waals surface area contributed by atoms with E-state index in [1.54, 1.807) is 12.1 Å². The number of amides is 1. The Morgan fingerprint density at radius 1 is 1.29 bits per heavy atom. The third kappa shape index (κ3) is 4.85. The number of aryl methyl sites for hydroxylation is 1. The average molecular weight is 460 g/mol. The van der Waals surface area contributed by atoms with E-state index in [0.717, 1.165) is 28.3 Å². The van der Waals surface area contributed by atoms with Gasteiger partial charge in [0.1, 0.15) is 11.5 Å². The van der Waals surface area contributed by atoms with Crippen molar-refractivity contribution in [2.24, 2.45) is 5.92 Å². The molecular formula is C22H23ClFN5OS. The number of aromatic nitrogens is 3. The van der Waals surface area contributed by atoms with E-state index in [9.17, 15) is 9.18 Å². The van der Waals surface area contributed by atoms with Gasteiger partial charge in [-0.15, -0.1) is 11.3 Å². The molecule has 1 aliphatic rings. The topological polar surface area (TPSA) is 71.0 Å². The van der Waals surface area contributed by atoms with E-state index in [1.807, 2.05) is 11.8 Å². The summed E-state index contributed by atoms with van der Waals surface area (Å²) < 4.78 is 13.4. The summed E-state index contributed by atoms with van der Waals surface area (Å²) in [6.45, 7) is 5.23. The standard InChI is InChI=1S/C22H23ClFN5OS/c1-13-4-3-9-29(18(13)12-27-22-25-10-16(23)11-26-22)21(30)19-20(31-14(2)28-19)15-5-7-17(24)8-6-15/h5-8,10-11,13,18H,3-4,9,12H2,1-2H3,(H,25,26,27)/t13-,18-/m0/s1. The van der Waals surface area contributed by atoms with Crippen LogP contribution in [0.25, 0.3) is 10.4 Å². The number of carbonyl (C=O) groups is 1. The lowest BCUT2D eigenvalue weighted by molar-refractivity contribution is 0.0535. The number of halogens is 2. The molecule has 3 aromatic rings. The van der Waals surface area contributed by atoms with E-state index < -0.39 is 0 Å². The number of likely N-dealkylation sites (tertiary alicyclic amines) is 1. The van der Waals surface area contributed by atoms with Crippen LogP contribution in [0.5, 0.6) is 0 Å². The van der Waals surface area contributed by atoms with Crippen LogP contribution >= 0.6 is 22.9 Å². The Labute approximate surface area is 189 Å². The molecule has 31 heavy (non-hydrogen) atoms. The minimum Gasteiger partial charge on any atom is -0.352 e. The highest BCUT2D eigenvalue weighted by atomic mass is 35.5. The molecular weight excluding hydrogens is 437 g/mol. The van der Waals surface area contributed by atoms with Crippen LogP contribution < -0.4 is 5.32 Å². The van der Waals surface area contributed by atoms with Gasteiger partial charge in [0.05, 0.1) is 33.3 Å². The molecule has 6 nitrogen and oxygen atoms in total. The smallest absolute Gasteiger partial charge is 0.274 e. The first-order chi connectivity index (χ1) is 14.9. The number of rotatable bonds is 5. The Morgan fingerprint density at radius 3 is 2.71 bits per heavy atom. The van der Waals surface area contributed by atoms with E-state index in [1.165, 1.54) is 35.9 Å². The number of nitrogens with one attached hydrogen (secondary N) is 1. The van der Waals surface area contributed by atoms with Crippen molar-refractivity contribution in [3.05, 3.63) is 58.2 Å². The normalized spacial score (nSPS) is 18.8. The second-order valence-corrected chi connectivity index (χ2v) is 9.35. The molecule has 1 amide bonds. The van der Waals surface area contributed by atoms with Gasteiger partial charge in [0.15, 0.2) is 0 Å². The quantitative estimate of drug-likeness (QED) is 0.577. The Morgan fingerprint density at radius 2 is 2.00 bits per heavy atom. The van der Waals surface area contributed by atoms with Gasteiger partial charge < -0.3 is 10.2 Å². The number of nitrogens with zero attached hydrogens (tertiary/aromatic N) is 4. The maximum absolute atomic E-state index is 13.6. The second-order valence-electron chi connectivity index (χ2n) is 7.71. The highest BCUT2D eigenvalue weighted by Gasteiger charge is 2.34. The first-order valence-electron chi connectivity index (χ1n) is 10.2. The zero-order valence-corrected chi connectivity index (χ0v) is 18.9. The largest absolute Gasteiger partial charge is 0.352 e. The van der Waals surface area contributed by atoms with Gasteiger partial charge in [-0.25, -0.2) is 19.3 Å². The molecule has 0 unspecified atom stereocenters. The fraction of sp³-hybridized carbons (Fsp3) is 0.364. The van der Waals surface area contributed by atoms with Crippen molar-refractivity contribution < 1.29 is 9.18 Å². The van der Waals surface area contributed by atoms with Crippen LogP contribution in [0.1, 0.15) is 35.3 Å². The maximum Gasteiger partial charge on any atom is 0.274 e. The number of hydrogen-bond acceptors (Lipinski definition) is 6. The van der Waals surface area contributed by atoms with Crippen molar-refractivity contribution in [3.8, 4) is 10.4 Å². The van der Waals surface area contributed by atoms with Crippen LogP contribution in [-0.4, -0.2) is 44.9 Å². The fourth-order valence-corrected chi connectivity index (χ4v) is 4.93. The molecule has 1 aliphatic heterocycles. The van der Waals surface area contributed by atoms with Crippen LogP contribution in [0.3, 0.4) is 0 Å². The summed E-state index contributed by atoms with van der Waals surface area (Å²) in [6.07, 6.45) is 5.06. The van der Waals surface area contributed by atoms with Crippen LogP contribution in [0.15, 0.2) is 36.7 Å². The molecule has 0 saturated carbocycles. The molecule has 1 N–H and O–H groups in total. The minimum atomic E-state index is -0.307. The Balaban J connectivity index is 1.58. The third-order valence-electron chi connectivity index (χ3n) is 5.51. The van der Waals surface area contributed by atoms with Crippen LogP contribution in [0.4, 0.5) is 10.3 Å². The SMILES string of the molecule is Cc1nc(C(=O)N2CCC[C@H](C)[C@@H]2CNc2ncc(Cl)cn2)c(-c2ccc(F)cc2)s1. The highest BCUT2D eigenvalue weighted by molar-refractivity contribution is 7.15. The zero-order valence-electron chi connectivity index (χ0n) is 17.3. The summed E-state index contributed by atoms with van der Waals surface area (Å²) in [5.74, 6) is 0.384. The molecule has 0 spiro atoms. The van der Waals surface area contributed by atoms with Gasteiger partial charge in [-0.3, -0.25) is 4.79 Å². The first kappa shape index (κ1) is 21.6. The van der Waals surface area contributed by atoms with Crippen molar-refractivity contribution in [1.29, 1.82) is 0 Å². The van der Waals surface area contributed by atoms with Gasteiger partial charge in [0.2, 0.25) is 5.95 Å². The number of thiazole rings is 1. The van der Waals surface area contributed by atoms with Gasteiger partial charge in [0, 0.05) is 13.1 Å². The lowest BCUT2D eigenvalue weighted by atomic mass is 9.90. The van der Waals surface area contributed by atoms with Crippen LogP contribution in [0, 0.1) is 18.7 Å². The lowest BCUT2D eigenvalue weighted by Gasteiger charge is -2.40. The number of benzene rings is 1. The zero-order chi connectivity index (χ0) is 22.0. The summed E-state index contributed by atoms with van der Waals surface area (Å²) >= 11 is 7.31. The van der Waals surface area contributed by atoms with Crippen molar-refractivity contribution in [2.75, 3.05) is 18.4 Å². The summed E-state index contributed by atoms with van der Waals surface area (Å²) in [7, 11) is 0. The van der Waals surface area contributed by atoms with Crippen molar-refractivity contribution >= 4 is 34.8 Å². The number of anilines is 1. The summed E-state index contributed by atoms with van der Waals surface area (Å²) in [4.78, 5) is 29.2. The molecule has 0 aliphatic carbocycles. The summed E-state index contributed by atoms with van der Waals surface area (Å²) in [5, 5.41) is 4.51.